The molecule has 1 aromatic carbocycles. The van der Waals surface area contributed by atoms with Crippen molar-refractivity contribution in [1.29, 1.82) is 0 Å². The summed E-state index contributed by atoms with van der Waals surface area (Å²) >= 11 is 0. The molecule has 0 aromatic heterocycles. The second-order valence-corrected chi connectivity index (χ2v) is 5.13. The van der Waals surface area contributed by atoms with E-state index in [0.717, 1.165) is 6.54 Å². The van der Waals surface area contributed by atoms with E-state index in [0.29, 0.717) is 24.6 Å². The van der Waals surface area contributed by atoms with Crippen LogP contribution in [0.5, 0.6) is 5.75 Å². The van der Waals surface area contributed by atoms with Gasteiger partial charge in [0.25, 0.3) is 0 Å². The highest BCUT2D eigenvalue weighted by atomic mass is 19.1. The van der Waals surface area contributed by atoms with E-state index in [9.17, 15) is 4.39 Å². The lowest BCUT2D eigenvalue weighted by Crippen LogP contribution is -2.36. The molecule has 0 aliphatic heterocycles. The quantitative estimate of drug-likeness (QED) is 0.787. The van der Waals surface area contributed by atoms with E-state index < -0.39 is 0 Å². The number of hydrogen-bond acceptors (Lipinski definition) is 3. The van der Waals surface area contributed by atoms with Gasteiger partial charge < -0.3 is 14.8 Å². The molecule has 0 heterocycles. The summed E-state index contributed by atoms with van der Waals surface area (Å²) in [7, 11) is 1.62. The van der Waals surface area contributed by atoms with Gasteiger partial charge in [-0.15, -0.1) is 0 Å². The van der Waals surface area contributed by atoms with Crippen molar-refractivity contribution in [2.24, 2.45) is 5.92 Å². The lowest BCUT2D eigenvalue weighted by Gasteiger charge is -2.20. The summed E-state index contributed by atoms with van der Waals surface area (Å²) in [5.41, 5.74) is 0.587. The minimum Gasteiger partial charge on any atom is -0.484 e. The van der Waals surface area contributed by atoms with Gasteiger partial charge in [0.15, 0.2) is 11.6 Å². The van der Waals surface area contributed by atoms with Gasteiger partial charge in [-0.2, -0.15) is 0 Å². The molecule has 0 bridgehead atoms. The van der Waals surface area contributed by atoms with E-state index in [1.54, 1.807) is 32.2 Å². The topological polar surface area (TPSA) is 30.5 Å². The highest BCUT2D eigenvalue weighted by Crippen LogP contribution is 2.20. The number of ether oxygens (including phenoxy) is 2. The molecule has 0 aliphatic carbocycles. The predicted octanol–water partition coefficient (Wildman–Crippen LogP) is 2.77. The first-order valence-corrected chi connectivity index (χ1v) is 6.66. The average molecular weight is 269 g/mol. The molecule has 0 saturated heterocycles. The van der Waals surface area contributed by atoms with E-state index in [-0.39, 0.29) is 17.7 Å². The van der Waals surface area contributed by atoms with Crippen molar-refractivity contribution in [2.75, 3.05) is 26.8 Å². The molecule has 19 heavy (non-hydrogen) atoms. The van der Waals surface area contributed by atoms with Crippen LogP contribution in [0.4, 0.5) is 4.39 Å². The largest absolute Gasteiger partial charge is 0.484 e. The van der Waals surface area contributed by atoms with E-state index in [4.69, 9.17) is 9.47 Å². The van der Waals surface area contributed by atoms with E-state index in [1.807, 2.05) is 0 Å². The molecule has 0 spiro atoms. The van der Waals surface area contributed by atoms with Crippen molar-refractivity contribution in [3.63, 3.8) is 0 Å². The van der Waals surface area contributed by atoms with Crippen molar-refractivity contribution in [3.05, 3.63) is 29.6 Å². The Morgan fingerprint density at radius 1 is 1.26 bits per heavy atom. The summed E-state index contributed by atoms with van der Waals surface area (Å²) in [6.45, 7) is 7.97. The van der Waals surface area contributed by atoms with Gasteiger partial charge in [-0.1, -0.05) is 26.0 Å². The fourth-order valence-electron chi connectivity index (χ4n) is 1.74. The summed E-state index contributed by atoms with van der Waals surface area (Å²) in [5.74, 6) is 0.555. The number of benzene rings is 1. The molecule has 0 fully saturated rings. The van der Waals surface area contributed by atoms with Crippen LogP contribution in [-0.2, 0) is 4.74 Å². The Kier molecular flexibility index (Phi) is 6.81. The second kappa shape index (κ2) is 8.12. The molecular weight excluding hydrogens is 245 g/mol. The average Bonchev–Trinajstić information content (AvgIpc) is 2.34. The van der Waals surface area contributed by atoms with Crippen LogP contribution in [0.1, 0.15) is 19.4 Å². The van der Waals surface area contributed by atoms with E-state index >= 15 is 0 Å². The highest BCUT2D eigenvalue weighted by molar-refractivity contribution is 5.30. The summed E-state index contributed by atoms with van der Waals surface area (Å²) in [5, 5.41) is 3.30. The summed E-state index contributed by atoms with van der Waals surface area (Å²) in [6, 6.07) is 5.16. The molecule has 0 amide bonds. The number of nitrogens with one attached hydrogen (secondary N) is 1. The van der Waals surface area contributed by atoms with Gasteiger partial charge >= 0.3 is 0 Å². The highest BCUT2D eigenvalue weighted by Gasteiger charge is 2.14. The Morgan fingerprint density at radius 3 is 2.63 bits per heavy atom. The van der Waals surface area contributed by atoms with Crippen LogP contribution >= 0.6 is 0 Å². The minimum absolute atomic E-state index is 0.194. The Labute approximate surface area is 115 Å². The number of halogens is 1. The number of hydrogen-bond donors (Lipinski definition) is 1. The molecule has 1 N–H and O–H groups in total. The third-order valence-electron chi connectivity index (χ3n) is 2.73. The van der Waals surface area contributed by atoms with Crippen LogP contribution in [-0.4, -0.2) is 32.9 Å². The molecule has 0 aliphatic rings. The van der Waals surface area contributed by atoms with E-state index in [2.05, 4.69) is 19.2 Å². The van der Waals surface area contributed by atoms with Gasteiger partial charge in [-0.3, -0.25) is 0 Å². The van der Waals surface area contributed by atoms with Gasteiger partial charge in [0.1, 0.15) is 6.10 Å². The zero-order chi connectivity index (χ0) is 14.3. The lowest BCUT2D eigenvalue weighted by atomic mass is 10.2. The van der Waals surface area contributed by atoms with Crippen LogP contribution in [0.25, 0.3) is 0 Å². The number of aryl methyl sites for hydroxylation is 1. The van der Waals surface area contributed by atoms with Gasteiger partial charge in [0.05, 0.1) is 6.61 Å². The van der Waals surface area contributed by atoms with Crippen molar-refractivity contribution < 1.29 is 13.9 Å². The predicted molar refractivity (Wildman–Crippen MR) is 75.1 cm³/mol. The standard InChI is InChI=1S/C15H24FNO2/c1-11(2)8-17-9-13(10-18-4)19-14-7-5-6-12(3)15(14)16/h5-7,11,13,17H,8-10H2,1-4H3. The molecule has 4 heteroatoms. The third kappa shape index (κ3) is 5.57. The zero-order valence-electron chi connectivity index (χ0n) is 12.2. The molecular formula is C15H24FNO2. The molecule has 1 atom stereocenters. The SMILES string of the molecule is COCC(CNCC(C)C)Oc1cccc(C)c1F. The maximum Gasteiger partial charge on any atom is 0.167 e. The molecule has 0 radical (unpaired) electrons. The zero-order valence-corrected chi connectivity index (χ0v) is 12.2. The molecule has 1 aromatic rings. The molecule has 1 unspecified atom stereocenters. The summed E-state index contributed by atoms with van der Waals surface area (Å²) < 4.78 is 24.7. The summed E-state index contributed by atoms with van der Waals surface area (Å²) in [4.78, 5) is 0. The van der Waals surface area contributed by atoms with Crippen LogP contribution in [0.2, 0.25) is 0 Å². The Balaban J connectivity index is 2.59. The van der Waals surface area contributed by atoms with Crippen molar-refractivity contribution in [3.8, 4) is 5.75 Å². The second-order valence-electron chi connectivity index (χ2n) is 5.13. The lowest BCUT2D eigenvalue weighted by molar-refractivity contribution is 0.0774. The van der Waals surface area contributed by atoms with Gasteiger partial charge in [0, 0.05) is 13.7 Å². The number of methoxy groups -OCH3 is 1. The molecule has 1 rings (SSSR count). The first kappa shape index (κ1) is 15.9. The molecule has 0 saturated carbocycles. The molecule has 3 nitrogen and oxygen atoms in total. The maximum absolute atomic E-state index is 13.9. The smallest absolute Gasteiger partial charge is 0.167 e. The van der Waals surface area contributed by atoms with Crippen LogP contribution < -0.4 is 10.1 Å². The molecule has 108 valence electrons. The van der Waals surface area contributed by atoms with Crippen LogP contribution in [0.3, 0.4) is 0 Å². The van der Waals surface area contributed by atoms with E-state index in [1.165, 1.54) is 0 Å². The third-order valence-corrected chi connectivity index (χ3v) is 2.73. The van der Waals surface area contributed by atoms with Crippen LogP contribution in [0, 0.1) is 18.7 Å². The number of rotatable bonds is 8. The van der Waals surface area contributed by atoms with Crippen LogP contribution in [0.15, 0.2) is 18.2 Å². The van der Waals surface area contributed by atoms with Crippen molar-refractivity contribution in [1.82, 2.24) is 5.32 Å². The van der Waals surface area contributed by atoms with Gasteiger partial charge in [-0.05, 0) is 31.0 Å². The first-order valence-electron chi connectivity index (χ1n) is 6.66. The first-order chi connectivity index (χ1) is 9.04. The summed E-state index contributed by atoms with van der Waals surface area (Å²) in [6.07, 6.45) is -0.194. The monoisotopic (exact) mass is 269 g/mol. The van der Waals surface area contributed by atoms with Crippen molar-refractivity contribution >= 4 is 0 Å². The minimum atomic E-state index is -0.299. The maximum atomic E-state index is 13.9. The van der Waals surface area contributed by atoms with Crippen molar-refractivity contribution in [2.45, 2.75) is 26.9 Å². The van der Waals surface area contributed by atoms with Gasteiger partial charge in [0.2, 0.25) is 0 Å². The normalized spacial score (nSPS) is 12.7. The Hall–Kier alpha value is -1.13. The fraction of sp³-hybridized carbons (Fsp3) is 0.600. The Morgan fingerprint density at radius 2 is 2.00 bits per heavy atom. The fourth-order valence-corrected chi connectivity index (χ4v) is 1.74. The Bertz CT molecular complexity index is 382. The van der Waals surface area contributed by atoms with Gasteiger partial charge in [-0.25, -0.2) is 4.39 Å².